The van der Waals surface area contributed by atoms with E-state index in [1.54, 1.807) is 17.0 Å². The van der Waals surface area contributed by atoms with Crippen LogP contribution in [-0.4, -0.2) is 60.1 Å². The smallest absolute Gasteiger partial charge is 0.256 e. The van der Waals surface area contributed by atoms with Crippen LogP contribution in [0.1, 0.15) is 27.6 Å². The molecule has 156 valence electrons. The third kappa shape index (κ3) is 3.53. The number of rotatable bonds is 4. The monoisotopic (exact) mass is 425 g/mol. The van der Waals surface area contributed by atoms with Gasteiger partial charge in [-0.25, -0.2) is 8.42 Å². The summed E-state index contributed by atoms with van der Waals surface area (Å²) in [6.07, 6.45) is 1.82. The summed E-state index contributed by atoms with van der Waals surface area (Å²) < 4.78 is 29.3. The van der Waals surface area contributed by atoms with Gasteiger partial charge < -0.3 is 9.47 Å². The highest BCUT2D eigenvalue weighted by Gasteiger charge is 2.31. The van der Waals surface area contributed by atoms with E-state index in [1.165, 1.54) is 23.4 Å². The number of benzene rings is 2. The predicted octanol–water partition coefficient (Wildman–Crippen LogP) is 2.53. The summed E-state index contributed by atoms with van der Waals surface area (Å²) in [6.45, 7) is 2.46. The second-order valence-corrected chi connectivity index (χ2v) is 9.39. The van der Waals surface area contributed by atoms with Gasteiger partial charge in [0, 0.05) is 55.9 Å². The summed E-state index contributed by atoms with van der Waals surface area (Å²) in [7, 11) is -1.82. The highest BCUT2D eigenvalue weighted by molar-refractivity contribution is 7.89. The molecule has 0 bridgehead atoms. The van der Waals surface area contributed by atoms with Crippen molar-refractivity contribution in [1.82, 2.24) is 13.8 Å². The standard InChI is InChI=1S/C22H23N3O4S/c1-16(26)17-6-5-7-18(14-17)30(28,29)25-12-10-24(11-13-25)22(27)20-15-23(2)21-9-4-3-8-19(20)21/h3-9,14-15H,10-13H2,1-2H3. The van der Waals surface area contributed by atoms with Crippen molar-refractivity contribution >= 4 is 32.6 Å². The number of Topliss-reactive ketones (excluding diaryl/α,β-unsaturated/α-hetero) is 1. The van der Waals surface area contributed by atoms with Gasteiger partial charge in [0.05, 0.1) is 10.5 Å². The number of ketones is 1. The molecule has 0 spiro atoms. The molecule has 0 unspecified atom stereocenters. The van der Waals surface area contributed by atoms with E-state index < -0.39 is 10.0 Å². The Hall–Kier alpha value is -2.97. The number of para-hydroxylation sites is 1. The van der Waals surface area contributed by atoms with E-state index >= 15 is 0 Å². The molecule has 2 heterocycles. The lowest BCUT2D eigenvalue weighted by molar-refractivity contribution is 0.0699. The average Bonchev–Trinajstić information content (AvgIpc) is 3.10. The Labute approximate surface area is 175 Å². The summed E-state index contributed by atoms with van der Waals surface area (Å²) in [4.78, 5) is 26.5. The van der Waals surface area contributed by atoms with Crippen LogP contribution in [0.2, 0.25) is 0 Å². The minimum absolute atomic E-state index is 0.0950. The molecule has 0 saturated carbocycles. The fourth-order valence-corrected chi connectivity index (χ4v) is 5.31. The second-order valence-electron chi connectivity index (χ2n) is 7.45. The Bertz CT molecular complexity index is 1240. The Morgan fingerprint density at radius 2 is 1.63 bits per heavy atom. The molecule has 0 aliphatic carbocycles. The SMILES string of the molecule is CC(=O)c1cccc(S(=O)(=O)N2CCN(C(=O)c3cn(C)c4ccccc34)CC2)c1. The second kappa shape index (κ2) is 7.70. The van der Waals surface area contributed by atoms with Crippen LogP contribution in [0.4, 0.5) is 0 Å². The highest BCUT2D eigenvalue weighted by atomic mass is 32.2. The molecule has 0 N–H and O–H groups in total. The largest absolute Gasteiger partial charge is 0.350 e. The van der Waals surface area contributed by atoms with E-state index in [4.69, 9.17) is 0 Å². The number of aryl methyl sites for hydroxylation is 1. The first-order valence-electron chi connectivity index (χ1n) is 9.73. The Morgan fingerprint density at radius 3 is 2.33 bits per heavy atom. The van der Waals surface area contributed by atoms with Crippen molar-refractivity contribution in [2.24, 2.45) is 7.05 Å². The van der Waals surface area contributed by atoms with Gasteiger partial charge >= 0.3 is 0 Å². The van der Waals surface area contributed by atoms with Gasteiger partial charge in [-0.1, -0.05) is 30.3 Å². The molecule has 1 amide bonds. The van der Waals surface area contributed by atoms with Gasteiger partial charge in [-0.15, -0.1) is 0 Å². The topological polar surface area (TPSA) is 79.7 Å². The molecule has 1 fully saturated rings. The number of nitrogens with zero attached hydrogens (tertiary/aromatic N) is 3. The van der Waals surface area contributed by atoms with E-state index in [2.05, 4.69) is 0 Å². The zero-order valence-electron chi connectivity index (χ0n) is 16.9. The van der Waals surface area contributed by atoms with Crippen LogP contribution in [0, 0.1) is 0 Å². The van der Waals surface area contributed by atoms with E-state index in [9.17, 15) is 18.0 Å². The lowest BCUT2D eigenvalue weighted by atomic mass is 10.1. The van der Waals surface area contributed by atoms with Crippen molar-refractivity contribution < 1.29 is 18.0 Å². The lowest BCUT2D eigenvalue weighted by Crippen LogP contribution is -2.50. The van der Waals surface area contributed by atoms with E-state index in [0.717, 1.165) is 10.9 Å². The van der Waals surface area contributed by atoms with Gasteiger partial charge in [0.2, 0.25) is 10.0 Å². The lowest BCUT2D eigenvalue weighted by Gasteiger charge is -2.34. The molecule has 1 aromatic heterocycles. The van der Waals surface area contributed by atoms with Gasteiger partial charge in [0.15, 0.2) is 5.78 Å². The van der Waals surface area contributed by atoms with Crippen LogP contribution in [0.15, 0.2) is 59.6 Å². The summed E-state index contributed by atoms with van der Waals surface area (Å²) in [5, 5.41) is 0.890. The predicted molar refractivity (Wildman–Crippen MR) is 114 cm³/mol. The van der Waals surface area contributed by atoms with Crippen molar-refractivity contribution in [3.63, 3.8) is 0 Å². The summed E-state index contributed by atoms with van der Waals surface area (Å²) in [5.41, 5.74) is 1.96. The first kappa shape index (κ1) is 20.3. The molecule has 4 rings (SSSR count). The molecule has 3 aromatic rings. The molecule has 1 saturated heterocycles. The van der Waals surface area contributed by atoms with Crippen molar-refractivity contribution in [2.75, 3.05) is 26.2 Å². The number of carbonyl (C=O) groups is 2. The minimum atomic E-state index is -3.72. The summed E-state index contributed by atoms with van der Waals surface area (Å²) in [5.74, 6) is -0.278. The van der Waals surface area contributed by atoms with Crippen molar-refractivity contribution in [3.05, 3.63) is 65.9 Å². The molecule has 2 aromatic carbocycles. The van der Waals surface area contributed by atoms with Crippen LogP contribution < -0.4 is 0 Å². The number of hydrogen-bond donors (Lipinski definition) is 0. The number of hydrogen-bond acceptors (Lipinski definition) is 4. The third-order valence-electron chi connectivity index (χ3n) is 5.53. The van der Waals surface area contributed by atoms with E-state index in [0.29, 0.717) is 24.2 Å². The molecule has 8 heteroatoms. The van der Waals surface area contributed by atoms with Crippen LogP contribution in [0.5, 0.6) is 0 Å². The first-order chi connectivity index (χ1) is 14.3. The number of amides is 1. The fraction of sp³-hybridized carbons (Fsp3) is 0.273. The quantitative estimate of drug-likeness (QED) is 0.602. The molecule has 1 aliphatic rings. The number of carbonyl (C=O) groups excluding carboxylic acids is 2. The number of fused-ring (bicyclic) bond motifs is 1. The fourth-order valence-electron chi connectivity index (χ4n) is 3.84. The zero-order valence-corrected chi connectivity index (χ0v) is 17.7. The van der Waals surface area contributed by atoms with Crippen LogP contribution in [-0.2, 0) is 17.1 Å². The maximum absolute atomic E-state index is 13.1. The van der Waals surface area contributed by atoms with Crippen LogP contribution in [0.25, 0.3) is 10.9 Å². The van der Waals surface area contributed by atoms with Gasteiger partial charge in [0.1, 0.15) is 0 Å². The normalized spacial score (nSPS) is 15.5. The first-order valence-corrected chi connectivity index (χ1v) is 11.2. The maximum atomic E-state index is 13.1. The van der Waals surface area contributed by atoms with Gasteiger partial charge in [-0.3, -0.25) is 9.59 Å². The number of aromatic nitrogens is 1. The minimum Gasteiger partial charge on any atom is -0.350 e. The van der Waals surface area contributed by atoms with Gasteiger partial charge in [0.25, 0.3) is 5.91 Å². The third-order valence-corrected chi connectivity index (χ3v) is 7.43. The van der Waals surface area contributed by atoms with Crippen molar-refractivity contribution in [1.29, 1.82) is 0 Å². The number of sulfonamides is 1. The Balaban J connectivity index is 1.51. The molecule has 7 nitrogen and oxygen atoms in total. The average molecular weight is 426 g/mol. The molecular formula is C22H23N3O4S. The van der Waals surface area contributed by atoms with E-state index in [-0.39, 0.29) is 29.7 Å². The van der Waals surface area contributed by atoms with Crippen LogP contribution in [0.3, 0.4) is 0 Å². The molecular weight excluding hydrogens is 402 g/mol. The highest BCUT2D eigenvalue weighted by Crippen LogP contribution is 2.24. The molecule has 30 heavy (non-hydrogen) atoms. The summed E-state index contributed by atoms with van der Waals surface area (Å²) >= 11 is 0. The van der Waals surface area contributed by atoms with E-state index in [1.807, 2.05) is 42.1 Å². The Kier molecular flexibility index (Phi) is 5.21. The summed E-state index contributed by atoms with van der Waals surface area (Å²) in [6, 6.07) is 13.8. The maximum Gasteiger partial charge on any atom is 0.256 e. The van der Waals surface area contributed by atoms with Crippen molar-refractivity contribution in [2.45, 2.75) is 11.8 Å². The van der Waals surface area contributed by atoms with Crippen LogP contribution >= 0.6 is 0 Å². The van der Waals surface area contributed by atoms with Gasteiger partial charge in [-0.05, 0) is 25.1 Å². The zero-order chi connectivity index (χ0) is 21.5. The van der Waals surface area contributed by atoms with Gasteiger partial charge in [-0.2, -0.15) is 4.31 Å². The molecule has 0 radical (unpaired) electrons. The molecule has 1 aliphatic heterocycles. The number of piperazine rings is 1. The van der Waals surface area contributed by atoms with Crippen molar-refractivity contribution in [3.8, 4) is 0 Å². The Morgan fingerprint density at radius 1 is 0.933 bits per heavy atom. The molecule has 0 atom stereocenters.